The minimum atomic E-state index is -1.04. The predicted molar refractivity (Wildman–Crippen MR) is 75.6 cm³/mol. The van der Waals surface area contributed by atoms with Crippen LogP contribution in [0, 0.1) is 5.92 Å². The molecule has 0 radical (unpaired) electrons. The number of benzene rings is 1. The molecule has 18 heavy (non-hydrogen) atoms. The molecule has 0 aromatic heterocycles. The second kappa shape index (κ2) is 6.33. The van der Waals surface area contributed by atoms with E-state index in [4.69, 9.17) is 5.11 Å². The van der Waals surface area contributed by atoms with E-state index < -0.39 is 17.9 Å². The second-order valence-corrected chi connectivity index (χ2v) is 5.93. The number of carboxylic acid groups (broad SMARTS) is 1. The normalized spacial score (nSPS) is 12.3. The number of carbonyl (C=O) groups is 2. The fourth-order valence-corrected chi connectivity index (χ4v) is 2.19. The summed E-state index contributed by atoms with van der Waals surface area (Å²) in [5, 5.41) is 11.5. The van der Waals surface area contributed by atoms with Gasteiger partial charge in [-0.2, -0.15) is 0 Å². The standard InChI is InChI=1S/C12H13Br2NO3/c1-6(2)10(12(17)18)15-11(16)8-5-7(13)3-4-9(8)14/h3-6,10H,1-2H3,(H,15,16)(H,17,18)/t10-/m1/s1. The number of halogens is 2. The summed E-state index contributed by atoms with van der Waals surface area (Å²) in [5.74, 6) is -1.63. The van der Waals surface area contributed by atoms with Crippen LogP contribution < -0.4 is 5.32 Å². The SMILES string of the molecule is CC(C)[C@@H](NC(=O)c1cc(Br)ccc1Br)C(=O)O. The van der Waals surface area contributed by atoms with Gasteiger partial charge in [0.1, 0.15) is 6.04 Å². The number of hydrogen-bond acceptors (Lipinski definition) is 2. The fraction of sp³-hybridized carbons (Fsp3) is 0.333. The number of rotatable bonds is 4. The molecule has 4 nitrogen and oxygen atoms in total. The van der Waals surface area contributed by atoms with Gasteiger partial charge >= 0.3 is 5.97 Å². The maximum absolute atomic E-state index is 12.0. The number of carbonyl (C=O) groups excluding carboxylic acids is 1. The zero-order valence-corrected chi connectivity index (χ0v) is 13.1. The van der Waals surface area contributed by atoms with Crippen molar-refractivity contribution in [2.24, 2.45) is 5.92 Å². The van der Waals surface area contributed by atoms with Crippen LogP contribution in [-0.4, -0.2) is 23.0 Å². The molecule has 0 bridgehead atoms. The monoisotopic (exact) mass is 377 g/mol. The van der Waals surface area contributed by atoms with Crippen LogP contribution in [0.1, 0.15) is 24.2 Å². The molecule has 0 fully saturated rings. The quantitative estimate of drug-likeness (QED) is 0.846. The first kappa shape index (κ1) is 15.2. The van der Waals surface area contributed by atoms with E-state index in [0.717, 1.165) is 4.47 Å². The molecule has 0 aliphatic carbocycles. The molecular weight excluding hydrogens is 366 g/mol. The second-order valence-electron chi connectivity index (χ2n) is 4.16. The molecule has 6 heteroatoms. The van der Waals surface area contributed by atoms with Crippen LogP contribution in [0.2, 0.25) is 0 Å². The maximum atomic E-state index is 12.0. The Morgan fingerprint density at radius 3 is 2.39 bits per heavy atom. The molecule has 0 saturated carbocycles. The highest BCUT2D eigenvalue weighted by molar-refractivity contribution is 9.11. The van der Waals surface area contributed by atoms with Crippen molar-refractivity contribution in [2.75, 3.05) is 0 Å². The molecule has 0 spiro atoms. The molecule has 1 amide bonds. The van der Waals surface area contributed by atoms with Gasteiger partial charge in [0.25, 0.3) is 5.91 Å². The van der Waals surface area contributed by atoms with Gasteiger partial charge in [0.2, 0.25) is 0 Å². The zero-order valence-electron chi connectivity index (χ0n) is 9.91. The lowest BCUT2D eigenvalue weighted by Crippen LogP contribution is -2.44. The van der Waals surface area contributed by atoms with E-state index in [2.05, 4.69) is 37.2 Å². The Hall–Kier alpha value is -0.880. The van der Waals surface area contributed by atoms with Crippen LogP contribution in [0.5, 0.6) is 0 Å². The molecule has 1 aromatic rings. The molecule has 1 rings (SSSR count). The molecule has 1 atom stereocenters. The van der Waals surface area contributed by atoms with Gasteiger partial charge in [-0.3, -0.25) is 4.79 Å². The highest BCUT2D eigenvalue weighted by Crippen LogP contribution is 2.21. The largest absolute Gasteiger partial charge is 0.480 e. The van der Waals surface area contributed by atoms with Crippen LogP contribution in [-0.2, 0) is 4.79 Å². The van der Waals surface area contributed by atoms with Crippen LogP contribution in [0.3, 0.4) is 0 Å². The van der Waals surface area contributed by atoms with Crippen molar-refractivity contribution in [3.63, 3.8) is 0 Å². The minimum absolute atomic E-state index is 0.183. The van der Waals surface area contributed by atoms with Crippen LogP contribution in [0.15, 0.2) is 27.1 Å². The maximum Gasteiger partial charge on any atom is 0.326 e. The molecule has 0 aliphatic rings. The lowest BCUT2D eigenvalue weighted by atomic mass is 10.0. The Morgan fingerprint density at radius 2 is 1.89 bits per heavy atom. The van der Waals surface area contributed by atoms with E-state index in [-0.39, 0.29) is 5.92 Å². The number of hydrogen-bond donors (Lipinski definition) is 2. The van der Waals surface area contributed by atoms with Crippen LogP contribution in [0.25, 0.3) is 0 Å². The van der Waals surface area contributed by atoms with Gasteiger partial charge in [-0.05, 0) is 40.0 Å². The van der Waals surface area contributed by atoms with E-state index in [1.165, 1.54) is 0 Å². The van der Waals surface area contributed by atoms with E-state index >= 15 is 0 Å². The van der Waals surface area contributed by atoms with Gasteiger partial charge in [-0.25, -0.2) is 4.79 Å². The smallest absolute Gasteiger partial charge is 0.326 e. The summed E-state index contributed by atoms with van der Waals surface area (Å²) in [6.45, 7) is 3.49. The third-order valence-corrected chi connectivity index (χ3v) is 3.58. The summed E-state index contributed by atoms with van der Waals surface area (Å²) in [7, 11) is 0. The van der Waals surface area contributed by atoms with Gasteiger partial charge in [0, 0.05) is 8.95 Å². The Bertz CT molecular complexity index is 474. The topological polar surface area (TPSA) is 66.4 Å². The third-order valence-electron chi connectivity index (χ3n) is 2.39. The number of nitrogens with one attached hydrogen (secondary N) is 1. The first-order valence-corrected chi connectivity index (χ1v) is 6.90. The molecule has 1 aromatic carbocycles. The fourth-order valence-electron chi connectivity index (χ4n) is 1.40. The lowest BCUT2D eigenvalue weighted by molar-refractivity contribution is -0.140. The molecule has 2 N–H and O–H groups in total. The third kappa shape index (κ3) is 3.81. The van der Waals surface area contributed by atoms with Crippen molar-refractivity contribution in [1.82, 2.24) is 5.32 Å². The summed E-state index contributed by atoms with van der Waals surface area (Å²) in [6, 6.07) is 4.25. The van der Waals surface area contributed by atoms with E-state index in [1.54, 1.807) is 32.0 Å². The van der Waals surface area contributed by atoms with E-state index in [0.29, 0.717) is 10.0 Å². The van der Waals surface area contributed by atoms with Crippen molar-refractivity contribution in [2.45, 2.75) is 19.9 Å². The number of carboxylic acids is 1. The molecule has 0 unspecified atom stereocenters. The van der Waals surface area contributed by atoms with Gasteiger partial charge < -0.3 is 10.4 Å². The molecule has 0 heterocycles. The highest BCUT2D eigenvalue weighted by Gasteiger charge is 2.24. The molecule has 0 aliphatic heterocycles. The minimum Gasteiger partial charge on any atom is -0.480 e. The summed E-state index contributed by atoms with van der Waals surface area (Å²) >= 11 is 6.54. The van der Waals surface area contributed by atoms with Gasteiger partial charge in [0.05, 0.1) is 5.56 Å². The van der Waals surface area contributed by atoms with Crippen molar-refractivity contribution in [3.8, 4) is 0 Å². The average Bonchev–Trinajstić information content (AvgIpc) is 2.28. The van der Waals surface area contributed by atoms with Gasteiger partial charge in [-0.15, -0.1) is 0 Å². The highest BCUT2D eigenvalue weighted by atomic mass is 79.9. The van der Waals surface area contributed by atoms with Gasteiger partial charge in [-0.1, -0.05) is 29.8 Å². The molecule has 0 saturated heterocycles. The Balaban J connectivity index is 2.94. The molecule has 98 valence electrons. The van der Waals surface area contributed by atoms with Crippen molar-refractivity contribution >= 4 is 43.7 Å². The molecular formula is C12H13Br2NO3. The summed E-state index contributed by atoms with van der Waals surface area (Å²) in [4.78, 5) is 23.0. The first-order valence-electron chi connectivity index (χ1n) is 5.31. The van der Waals surface area contributed by atoms with Crippen molar-refractivity contribution in [1.29, 1.82) is 0 Å². The van der Waals surface area contributed by atoms with Crippen molar-refractivity contribution < 1.29 is 14.7 Å². The van der Waals surface area contributed by atoms with Gasteiger partial charge in [0.15, 0.2) is 0 Å². The lowest BCUT2D eigenvalue weighted by Gasteiger charge is -2.18. The first-order chi connectivity index (χ1) is 8.32. The Labute approximate surface area is 122 Å². The van der Waals surface area contributed by atoms with Crippen LogP contribution in [0.4, 0.5) is 0 Å². The Morgan fingerprint density at radius 1 is 1.28 bits per heavy atom. The number of aliphatic carboxylic acids is 1. The van der Waals surface area contributed by atoms with Crippen LogP contribution >= 0.6 is 31.9 Å². The summed E-state index contributed by atoms with van der Waals surface area (Å²) in [5.41, 5.74) is 0.399. The predicted octanol–water partition coefficient (Wildman–Crippen LogP) is 3.05. The Kier molecular flexibility index (Phi) is 5.34. The zero-order chi connectivity index (χ0) is 13.9. The average molecular weight is 379 g/mol. The summed E-state index contributed by atoms with van der Waals surface area (Å²) in [6.07, 6.45) is 0. The van der Waals surface area contributed by atoms with Crippen molar-refractivity contribution in [3.05, 3.63) is 32.7 Å². The van der Waals surface area contributed by atoms with E-state index in [1.807, 2.05) is 0 Å². The number of amides is 1. The van der Waals surface area contributed by atoms with E-state index in [9.17, 15) is 9.59 Å². The summed E-state index contributed by atoms with van der Waals surface area (Å²) < 4.78 is 1.38.